The highest BCUT2D eigenvalue weighted by Gasteiger charge is 2.07. The van der Waals surface area contributed by atoms with Gasteiger partial charge in [-0.05, 0) is 18.1 Å². The zero-order chi connectivity index (χ0) is 11.1. The van der Waals surface area contributed by atoms with Gasteiger partial charge in [-0.1, -0.05) is 24.3 Å². The molecule has 15 heavy (non-hydrogen) atoms. The molecule has 2 N–H and O–H groups in total. The number of ether oxygens (including phenoxy) is 2. The number of rotatable bonds is 6. The van der Waals surface area contributed by atoms with Gasteiger partial charge in [-0.25, -0.2) is 0 Å². The summed E-state index contributed by atoms with van der Waals surface area (Å²) in [5, 5.41) is 0. The summed E-state index contributed by atoms with van der Waals surface area (Å²) in [4.78, 5) is 0. The molecule has 3 nitrogen and oxygen atoms in total. The first-order chi connectivity index (χ1) is 7.25. The average Bonchev–Trinajstić information content (AvgIpc) is 2.25. The fourth-order valence-electron chi connectivity index (χ4n) is 1.45. The van der Waals surface area contributed by atoms with Crippen molar-refractivity contribution in [2.45, 2.75) is 13.0 Å². The molecule has 0 spiro atoms. The number of hydrogen-bond acceptors (Lipinski definition) is 3. The van der Waals surface area contributed by atoms with Gasteiger partial charge in [0.15, 0.2) is 0 Å². The third-order valence-electron chi connectivity index (χ3n) is 2.32. The van der Waals surface area contributed by atoms with Crippen LogP contribution >= 0.6 is 0 Å². The Bertz CT molecular complexity index is 289. The van der Waals surface area contributed by atoms with Gasteiger partial charge in [0.1, 0.15) is 0 Å². The van der Waals surface area contributed by atoms with Gasteiger partial charge in [0.2, 0.25) is 0 Å². The van der Waals surface area contributed by atoms with Crippen molar-refractivity contribution in [1.82, 2.24) is 0 Å². The summed E-state index contributed by atoms with van der Waals surface area (Å²) >= 11 is 0. The predicted octanol–water partition coefficient (Wildman–Crippen LogP) is 1.66. The molecule has 0 bridgehead atoms. The molecule has 0 radical (unpaired) electrons. The van der Waals surface area contributed by atoms with Gasteiger partial charge in [0.05, 0.1) is 25.9 Å². The van der Waals surface area contributed by atoms with Crippen molar-refractivity contribution in [3.05, 3.63) is 35.4 Å². The molecule has 84 valence electrons. The van der Waals surface area contributed by atoms with Gasteiger partial charge in [-0.3, -0.25) is 0 Å². The van der Waals surface area contributed by atoms with Crippen LogP contribution in [0.4, 0.5) is 0 Å². The largest absolute Gasteiger partial charge is 0.382 e. The van der Waals surface area contributed by atoms with Gasteiger partial charge in [0, 0.05) is 7.11 Å². The molecule has 3 heteroatoms. The van der Waals surface area contributed by atoms with Crippen LogP contribution < -0.4 is 5.73 Å². The van der Waals surface area contributed by atoms with Crippen LogP contribution in [-0.2, 0) is 9.47 Å². The average molecular weight is 209 g/mol. The quantitative estimate of drug-likeness (QED) is 0.725. The highest BCUT2D eigenvalue weighted by molar-refractivity contribution is 5.28. The fraction of sp³-hybridized carbons (Fsp3) is 0.500. The third kappa shape index (κ3) is 4.00. The monoisotopic (exact) mass is 209 g/mol. The molecule has 1 atom stereocenters. The van der Waals surface area contributed by atoms with Crippen LogP contribution in [-0.4, -0.2) is 26.9 Å². The van der Waals surface area contributed by atoms with E-state index in [-0.39, 0.29) is 6.04 Å². The zero-order valence-corrected chi connectivity index (χ0v) is 9.40. The van der Waals surface area contributed by atoms with Gasteiger partial charge in [-0.2, -0.15) is 0 Å². The number of nitrogens with two attached hydrogens (primary N) is 1. The van der Waals surface area contributed by atoms with Crippen molar-refractivity contribution in [1.29, 1.82) is 0 Å². The fourth-order valence-corrected chi connectivity index (χ4v) is 1.45. The second kappa shape index (κ2) is 6.56. The van der Waals surface area contributed by atoms with E-state index in [1.807, 2.05) is 18.2 Å². The van der Waals surface area contributed by atoms with Crippen LogP contribution in [0.1, 0.15) is 17.2 Å². The second-order valence-corrected chi connectivity index (χ2v) is 3.53. The van der Waals surface area contributed by atoms with Gasteiger partial charge in [0.25, 0.3) is 0 Å². The van der Waals surface area contributed by atoms with Crippen LogP contribution in [0.2, 0.25) is 0 Å². The summed E-state index contributed by atoms with van der Waals surface area (Å²) < 4.78 is 10.3. The predicted molar refractivity (Wildman–Crippen MR) is 60.8 cm³/mol. The van der Waals surface area contributed by atoms with E-state index in [0.29, 0.717) is 19.8 Å². The molecule has 0 aliphatic carbocycles. The molecule has 1 aromatic rings. The third-order valence-corrected chi connectivity index (χ3v) is 2.32. The molecule has 1 unspecified atom stereocenters. The number of hydrogen-bond donors (Lipinski definition) is 1. The van der Waals surface area contributed by atoms with Gasteiger partial charge < -0.3 is 15.2 Å². The normalized spacial score (nSPS) is 12.7. The van der Waals surface area contributed by atoms with E-state index in [1.54, 1.807) is 7.11 Å². The molecule has 0 fully saturated rings. The molecular weight excluding hydrogens is 190 g/mol. The Morgan fingerprint density at radius 2 is 2.00 bits per heavy atom. The smallest absolute Gasteiger partial charge is 0.0701 e. The minimum absolute atomic E-state index is 0.0527. The molecule has 0 saturated heterocycles. The van der Waals surface area contributed by atoms with Gasteiger partial charge >= 0.3 is 0 Å². The Morgan fingerprint density at radius 3 is 2.67 bits per heavy atom. The second-order valence-electron chi connectivity index (χ2n) is 3.53. The van der Waals surface area contributed by atoms with Crippen molar-refractivity contribution in [3.8, 4) is 0 Å². The van der Waals surface area contributed by atoms with E-state index in [4.69, 9.17) is 15.2 Å². The van der Waals surface area contributed by atoms with Crippen molar-refractivity contribution in [2.75, 3.05) is 26.9 Å². The van der Waals surface area contributed by atoms with Crippen LogP contribution in [0.5, 0.6) is 0 Å². The maximum absolute atomic E-state index is 6.01. The van der Waals surface area contributed by atoms with E-state index < -0.39 is 0 Å². The van der Waals surface area contributed by atoms with E-state index in [0.717, 1.165) is 5.56 Å². The highest BCUT2D eigenvalue weighted by Crippen LogP contribution is 2.14. The SMILES string of the molecule is COCCOCC(N)c1ccccc1C. The first-order valence-corrected chi connectivity index (χ1v) is 5.13. The Labute approximate surface area is 91.2 Å². The van der Waals surface area contributed by atoms with Crippen LogP contribution in [0.3, 0.4) is 0 Å². The molecule has 0 aromatic heterocycles. The Morgan fingerprint density at radius 1 is 1.27 bits per heavy atom. The van der Waals surface area contributed by atoms with E-state index in [1.165, 1.54) is 5.56 Å². The number of benzene rings is 1. The maximum atomic E-state index is 6.01. The Kier molecular flexibility index (Phi) is 5.32. The van der Waals surface area contributed by atoms with Crippen molar-refractivity contribution in [3.63, 3.8) is 0 Å². The van der Waals surface area contributed by atoms with Crippen molar-refractivity contribution < 1.29 is 9.47 Å². The molecule has 0 amide bonds. The van der Waals surface area contributed by atoms with Crippen molar-refractivity contribution >= 4 is 0 Å². The zero-order valence-electron chi connectivity index (χ0n) is 9.40. The Hall–Kier alpha value is -0.900. The summed E-state index contributed by atoms with van der Waals surface area (Å²) in [6.07, 6.45) is 0. The number of aryl methyl sites for hydroxylation is 1. The van der Waals surface area contributed by atoms with Crippen LogP contribution in [0, 0.1) is 6.92 Å². The van der Waals surface area contributed by atoms with E-state index >= 15 is 0 Å². The first kappa shape index (κ1) is 12.2. The molecule has 0 saturated carbocycles. The lowest BCUT2D eigenvalue weighted by atomic mass is 10.0. The van der Waals surface area contributed by atoms with Crippen LogP contribution in [0.15, 0.2) is 24.3 Å². The summed E-state index contributed by atoms with van der Waals surface area (Å²) in [5.41, 5.74) is 8.37. The molecule has 0 heterocycles. The van der Waals surface area contributed by atoms with Crippen molar-refractivity contribution in [2.24, 2.45) is 5.73 Å². The standard InChI is InChI=1S/C12H19NO2/c1-10-5-3-4-6-11(10)12(13)9-15-8-7-14-2/h3-6,12H,7-9,13H2,1-2H3. The van der Waals surface area contributed by atoms with Gasteiger partial charge in [-0.15, -0.1) is 0 Å². The highest BCUT2D eigenvalue weighted by atomic mass is 16.5. The van der Waals surface area contributed by atoms with E-state index in [2.05, 4.69) is 13.0 Å². The maximum Gasteiger partial charge on any atom is 0.0701 e. The molecule has 0 aliphatic rings. The van der Waals surface area contributed by atoms with E-state index in [9.17, 15) is 0 Å². The lowest BCUT2D eigenvalue weighted by Crippen LogP contribution is -2.19. The van der Waals surface area contributed by atoms with Crippen LogP contribution in [0.25, 0.3) is 0 Å². The summed E-state index contributed by atoms with van der Waals surface area (Å²) in [6.45, 7) is 3.80. The lowest BCUT2D eigenvalue weighted by Gasteiger charge is -2.14. The lowest BCUT2D eigenvalue weighted by molar-refractivity contribution is 0.0635. The molecular formula is C12H19NO2. The summed E-state index contributed by atoms with van der Waals surface area (Å²) in [5.74, 6) is 0. The summed E-state index contributed by atoms with van der Waals surface area (Å²) in [6, 6.07) is 8.06. The molecule has 1 aromatic carbocycles. The topological polar surface area (TPSA) is 44.5 Å². The minimum Gasteiger partial charge on any atom is -0.382 e. The number of methoxy groups -OCH3 is 1. The molecule has 1 rings (SSSR count). The Balaban J connectivity index is 2.40. The summed E-state index contributed by atoms with van der Waals surface area (Å²) in [7, 11) is 1.66. The minimum atomic E-state index is -0.0527. The first-order valence-electron chi connectivity index (χ1n) is 5.13. The molecule has 0 aliphatic heterocycles.